The molecule has 3 heteroatoms. The Balaban J connectivity index is 1.81. The van der Waals surface area contributed by atoms with Gasteiger partial charge in [0.25, 0.3) is 0 Å². The Morgan fingerprint density at radius 1 is 1.00 bits per heavy atom. The summed E-state index contributed by atoms with van der Waals surface area (Å²) in [6, 6.07) is 0. The van der Waals surface area contributed by atoms with Crippen LogP contribution in [0.4, 0.5) is 0 Å². The van der Waals surface area contributed by atoms with Crippen LogP contribution in [0.2, 0.25) is 6.32 Å². The average Bonchev–Trinajstić information content (AvgIpc) is 2.43. The smallest absolute Gasteiger partial charge is 0.403 e. The van der Waals surface area contributed by atoms with E-state index in [2.05, 4.69) is 41.5 Å². The van der Waals surface area contributed by atoms with Crippen molar-refractivity contribution < 1.29 is 9.31 Å². The Morgan fingerprint density at radius 3 is 2.11 bits per heavy atom. The molecule has 1 aliphatic heterocycles. The van der Waals surface area contributed by atoms with Crippen molar-refractivity contribution in [2.75, 3.05) is 0 Å². The van der Waals surface area contributed by atoms with Gasteiger partial charge in [0.1, 0.15) is 0 Å². The van der Waals surface area contributed by atoms with E-state index in [1.54, 1.807) is 0 Å². The van der Waals surface area contributed by atoms with Crippen LogP contribution < -0.4 is 0 Å². The predicted octanol–water partition coefficient (Wildman–Crippen LogP) is 4.69. The van der Waals surface area contributed by atoms with Gasteiger partial charge in [-0.2, -0.15) is 0 Å². The van der Waals surface area contributed by atoms with Crippen LogP contribution in [0.3, 0.4) is 0 Å². The first kappa shape index (κ1) is 15.4. The van der Waals surface area contributed by atoms with Gasteiger partial charge < -0.3 is 9.31 Å². The largest absolute Gasteiger partial charge is 0.457 e. The standard InChI is InChI=1S/C16H31BO2/c1-14(2)10-7-8-13(12-14)9-11-17-18-15(3,4)16(5,6)19-17/h13H,7-12H2,1-6H3. The molecule has 1 heterocycles. The zero-order valence-electron chi connectivity index (χ0n) is 13.7. The molecular weight excluding hydrogens is 235 g/mol. The Bertz CT molecular complexity index is 307. The Morgan fingerprint density at radius 2 is 1.58 bits per heavy atom. The van der Waals surface area contributed by atoms with Crippen molar-refractivity contribution in [1.82, 2.24) is 0 Å². The number of hydrogen-bond donors (Lipinski definition) is 0. The molecular formula is C16H31BO2. The summed E-state index contributed by atoms with van der Waals surface area (Å²) in [4.78, 5) is 0. The molecule has 2 rings (SSSR count). The minimum absolute atomic E-state index is 0.00459. The Labute approximate surface area is 119 Å². The van der Waals surface area contributed by atoms with Gasteiger partial charge in [-0.25, -0.2) is 0 Å². The summed E-state index contributed by atoms with van der Waals surface area (Å²) in [6.07, 6.45) is 7.84. The van der Waals surface area contributed by atoms with Gasteiger partial charge in [-0.3, -0.25) is 0 Å². The highest BCUT2D eigenvalue weighted by Crippen LogP contribution is 2.42. The van der Waals surface area contributed by atoms with Gasteiger partial charge in [0.2, 0.25) is 0 Å². The second-order valence-electron chi connectivity index (χ2n) is 8.39. The fourth-order valence-electron chi connectivity index (χ4n) is 3.56. The average molecular weight is 266 g/mol. The van der Waals surface area contributed by atoms with E-state index in [1.807, 2.05) is 0 Å². The first-order valence-corrected chi connectivity index (χ1v) is 7.97. The lowest BCUT2D eigenvalue weighted by molar-refractivity contribution is 0.00578. The fourth-order valence-corrected chi connectivity index (χ4v) is 3.56. The molecule has 0 amide bonds. The van der Waals surface area contributed by atoms with Gasteiger partial charge in [-0.1, -0.05) is 33.1 Å². The van der Waals surface area contributed by atoms with E-state index in [9.17, 15) is 0 Å². The SMILES string of the molecule is CC1(C)CCCC(CCB2OC(C)(C)C(C)(C)O2)C1. The van der Waals surface area contributed by atoms with Crippen molar-refractivity contribution in [3.63, 3.8) is 0 Å². The van der Waals surface area contributed by atoms with Crippen LogP contribution in [-0.2, 0) is 9.31 Å². The summed E-state index contributed by atoms with van der Waals surface area (Å²) in [5, 5.41) is 0. The third kappa shape index (κ3) is 3.55. The van der Waals surface area contributed by atoms with E-state index < -0.39 is 0 Å². The molecule has 1 aliphatic carbocycles. The van der Waals surface area contributed by atoms with E-state index in [-0.39, 0.29) is 18.3 Å². The second kappa shape index (κ2) is 5.07. The monoisotopic (exact) mass is 266 g/mol. The van der Waals surface area contributed by atoms with E-state index in [0.717, 1.165) is 12.2 Å². The first-order chi connectivity index (χ1) is 8.61. The van der Waals surface area contributed by atoms with Crippen LogP contribution in [-0.4, -0.2) is 18.3 Å². The summed E-state index contributed by atoms with van der Waals surface area (Å²) >= 11 is 0. The third-order valence-corrected chi connectivity index (χ3v) is 5.42. The molecule has 0 radical (unpaired) electrons. The van der Waals surface area contributed by atoms with Crippen LogP contribution in [0.1, 0.15) is 73.6 Å². The molecule has 19 heavy (non-hydrogen) atoms. The first-order valence-electron chi connectivity index (χ1n) is 7.97. The molecule has 1 unspecified atom stereocenters. The number of rotatable bonds is 3. The zero-order chi connectivity index (χ0) is 14.3. The predicted molar refractivity (Wildman–Crippen MR) is 81.2 cm³/mol. The van der Waals surface area contributed by atoms with Gasteiger partial charge in [0, 0.05) is 0 Å². The maximum atomic E-state index is 6.08. The summed E-state index contributed by atoms with van der Waals surface area (Å²) in [6.45, 7) is 13.4. The molecule has 0 aromatic rings. The minimum Gasteiger partial charge on any atom is -0.403 e. The van der Waals surface area contributed by atoms with Crippen molar-refractivity contribution in [1.29, 1.82) is 0 Å². The quantitative estimate of drug-likeness (QED) is 0.690. The molecule has 0 bridgehead atoms. The van der Waals surface area contributed by atoms with Crippen LogP contribution in [0.5, 0.6) is 0 Å². The highest BCUT2D eigenvalue weighted by atomic mass is 16.7. The van der Waals surface area contributed by atoms with Gasteiger partial charge >= 0.3 is 7.12 Å². The van der Waals surface area contributed by atoms with Crippen molar-refractivity contribution >= 4 is 7.12 Å². The van der Waals surface area contributed by atoms with E-state index in [1.165, 1.54) is 32.1 Å². The lowest BCUT2D eigenvalue weighted by atomic mass is 9.68. The highest BCUT2D eigenvalue weighted by Gasteiger charge is 2.50. The Hall–Kier alpha value is -0.0151. The molecule has 2 fully saturated rings. The number of hydrogen-bond acceptors (Lipinski definition) is 2. The molecule has 1 atom stereocenters. The molecule has 2 aliphatic rings. The second-order valence-corrected chi connectivity index (χ2v) is 8.39. The van der Waals surface area contributed by atoms with Crippen LogP contribution >= 0.6 is 0 Å². The van der Waals surface area contributed by atoms with Gasteiger partial charge in [0.05, 0.1) is 11.2 Å². The summed E-state index contributed by atoms with van der Waals surface area (Å²) in [7, 11) is -0.00459. The van der Waals surface area contributed by atoms with Gasteiger partial charge in [-0.15, -0.1) is 0 Å². The summed E-state index contributed by atoms with van der Waals surface area (Å²) < 4.78 is 12.2. The lowest BCUT2D eigenvalue weighted by Crippen LogP contribution is -2.41. The van der Waals surface area contributed by atoms with Crippen LogP contribution in [0.15, 0.2) is 0 Å². The molecule has 0 aromatic heterocycles. The van der Waals surface area contributed by atoms with E-state index >= 15 is 0 Å². The van der Waals surface area contributed by atoms with Crippen LogP contribution in [0.25, 0.3) is 0 Å². The lowest BCUT2D eigenvalue weighted by Gasteiger charge is -2.35. The molecule has 110 valence electrons. The molecule has 0 spiro atoms. The van der Waals surface area contributed by atoms with Crippen molar-refractivity contribution in [3.05, 3.63) is 0 Å². The topological polar surface area (TPSA) is 18.5 Å². The van der Waals surface area contributed by atoms with E-state index in [0.29, 0.717) is 5.41 Å². The van der Waals surface area contributed by atoms with Gasteiger partial charge in [-0.05, 0) is 58.2 Å². The highest BCUT2D eigenvalue weighted by molar-refractivity contribution is 6.45. The molecule has 0 aromatic carbocycles. The molecule has 1 saturated carbocycles. The van der Waals surface area contributed by atoms with Gasteiger partial charge in [0.15, 0.2) is 0 Å². The minimum atomic E-state index is -0.177. The molecule has 1 saturated heterocycles. The zero-order valence-corrected chi connectivity index (χ0v) is 13.7. The van der Waals surface area contributed by atoms with Crippen molar-refractivity contribution in [2.24, 2.45) is 11.3 Å². The fraction of sp³-hybridized carbons (Fsp3) is 1.00. The molecule has 0 N–H and O–H groups in total. The Kier molecular flexibility index (Phi) is 4.10. The van der Waals surface area contributed by atoms with Crippen molar-refractivity contribution in [3.8, 4) is 0 Å². The third-order valence-electron chi connectivity index (χ3n) is 5.42. The van der Waals surface area contributed by atoms with Crippen LogP contribution in [0, 0.1) is 11.3 Å². The molecule has 2 nitrogen and oxygen atoms in total. The normalized spacial score (nSPS) is 32.5. The van der Waals surface area contributed by atoms with E-state index in [4.69, 9.17) is 9.31 Å². The maximum absolute atomic E-state index is 6.08. The van der Waals surface area contributed by atoms with Crippen molar-refractivity contribution in [2.45, 2.75) is 91.2 Å². The summed E-state index contributed by atoms with van der Waals surface area (Å²) in [5.41, 5.74) is 0.186. The maximum Gasteiger partial charge on any atom is 0.457 e. The summed E-state index contributed by atoms with van der Waals surface area (Å²) in [5.74, 6) is 0.864.